The third-order valence-electron chi connectivity index (χ3n) is 4.10. The lowest BCUT2D eigenvalue weighted by Crippen LogP contribution is -2.34. The molecule has 1 aliphatic rings. The second-order valence-corrected chi connectivity index (χ2v) is 6.74. The molecule has 0 atom stereocenters. The number of para-hydroxylation sites is 1. The van der Waals surface area contributed by atoms with Gasteiger partial charge < -0.3 is 10.6 Å². The molecule has 1 amide bonds. The molecule has 0 spiro atoms. The second kappa shape index (κ2) is 6.05. The molecule has 24 heavy (non-hydrogen) atoms. The van der Waals surface area contributed by atoms with Crippen LogP contribution in [0.5, 0.6) is 0 Å². The van der Waals surface area contributed by atoms with Crippen LogP contribution in [0.15, 0.2) is 48.7 Å². The van der Waals surface area contributed by atoms with Crippen LogP contribution in [0.1, 0.15) is 21.7 Å². The van der Waals surface area contributed by atoms with Gasteiger partial charge >= 0.3 is 0 Å². The van der Waals surface area contributed by atoms with Crippen LogP contribution < -0.4 is 10.6 Å². The van der Waals surface area contributed by atoms with Crippen molar-refractivity contribution in [2.75, 3.05) is 17.2 Å². The minimum atomic E-state index is 0.0421. The number of thiophene rings is 1. The zero-order valence-corrected chi connectivity index (χ0v) is 13.8. The summed E-state index contributed by atoms with van der Waals surface area (Å²) in [4.78, 5) is 24.6. The van der Waals surface area contributed by atoms with Gasteiger partial charge in [-0.1, -0.05) is 18.2 Å². The number of fused-ring (bicyclic) bond motifs is 1. The number of nitrogen functional groups attached to an aromatic ring is 1. The van der Waals surface area contributed by atoms with Gasteiger partial charge in [0.15, 0.2) is 0 Å². The molecule has 0 bridgehead atoms. The second-order valence-electron chi connectivity index (χ2n) is 5.65. The van der Waals surface area contributed by atoms with Gasteiger partial charge in [0.1, 0.15) is 0 Å². The Hall–Kier alpha value is -2.73. The molecule has 0 saturated carbocycles. The number of aromatic nitrogens is 2. The van der Waals surface area contributed by atoms with E-state index in [0.29, 0.717) is 4.88 Å². The van der Waals surface area contributed by atoms with Crippen molar-refractivity contribution in [3.8, 4) is 10.6 Å². The lowest BCUT2D eigenvalue weighted by molar-refractivity contribution is 0.0989. The lowest BCUT2D eigenvalue weighted by Gasteiger charge is -2.29. The van der Waals surface area contributed by atoms with E-state index in [-0.39, 0.29) is 11.9 Å². The first-order valence-corrected chi connectivity index (χ1v) is 8.62. The number of aryl methyl sites for hydroxylation is 1. The van der Waals surface area contributed by atoms with E-state index in [0.717, 1.165) is 35.6 Å². The summed E-state index contributed by atoms with van der Waals surface area (Å²) in [6.07, 6.45) is 3.64. The molecule has 0 fully saturated rings. The highest BCUT2D eigenvalue weighted by Gasteiger charge is 2.24. The number of nitrogens with two attached hydrogens (primary N) is 1. The van der Waals surface area contributed by atoms with Crippen LogP contribution in [0.4, 0.5) is 11.6 Å². The predicted octanol–water partition coefficient (Wildman–Crippen LogP) is 3.38. The van der Waals surface area contributed by atoms with Gasteiger partial charge in [-0.3, -0.25) is 4.79 Å². The molecule has 0 saturated heterocycles. The summed E-state index contributed by atoms with van der Waals surface area (Å²) < 4.78 is 0. The average molecular weight is 336 g/mol. The van der Waals surface area contributed by atoms with Crippen LogP contribution in [0.2, 0.25) is 0 Å². The molecule has 120 valence electrons. The van der Waals surface area contributed by atoms with Crippen LogP contribution in [-0.4, -0.2) is 22.4 Å². The van der Waals surface area contributed by atoms with Crippen molar-refractivity contribution in [3.05, 3.63) is 59.1 Å². The summed E-state index contributed by atoms with van der Waals surface area (Å²) in [5.74, 6) is 0.277. The Morgan fingerprint density at radius 1 is 1.17 bits per heavy atom. The van der Waals surface area contributed by atoms with Crippen molar-refractivity contribution in [3.63, 3.8) is 0 Å². The summed E-state index contributed by atoms with van der Waals surface area (Å²) >= 11 is 1.43. The molecule has 3 aromatic rings. The normalized spacial score (nSPS) is 13.6. The fourth-order valence-corrected chi connectivity index (χ4v) is 3.90. The third kappa shape index (κ3) is 2.65. The molecule has 6 heteroatoms. The monoisotopic (exact) mass is 336 g/mol. The minimum absolute atomic E-state index is 0.0421. The Morgan fingerprint density at radius 2 is 2.04 bits per heavy atom. The quantitative estimate of drug-likeness (QED) is 0.779. The van der Waals surface area contributed by atoms with E-state index in [4.69, 9.17) is 5.73 Å². The van der Waals surface area contributed by atoms with Crippen LogP contribution in [-0.2, 0) is 6.42 Å². The first-order valence-electron chi connectivity index (χ1n) is 7.81. The number of hydrogen-bond acceptors (Lipinski definition) is 5. The number of rotatable bonds is 2. The largest absolute Gasteiger partial charge is 0.368 e. The van der Waals surface area contributed by atoms with Crippen molar-refractivity contribution < 1.29 is 4.79 Å². The molecule has 2 aromatic heterocycles. The van der Waals surface area contributed by atoms with Crippen LogP contribution in [0.25, 0.3) is 10.6 Å². The lowest BCUT2D eigenvalue weighted by atomic mass is 10.0. The van der Waals surface area contributed by atoms with Crippen molar-refractivity contribution in [1.29, 1.82) is 0 Å². The molecule has 0 radical (unpaired) electrons. The maximum Gasteiger partial charge on any atom is 0.268 e. The van der Waals surface area contributed by atoms with E-state index in [9.17, 15) is 4.79 Å². The fourth-order valence-electron chi connectivity index (χ4n) is 2.98. The summed E-state index contributed by atoms with van der Waals surface area (Å²) in [5, 5.41) is 0. The highest BCUT2D eigenvalue weighted by Crippen LogP contribution is 2.32. The Morgan fingerprint density at radius 3 is 2.92 bits per heavy atom. The molecule has 0 unspecified atom stereocenters. The smallest absolute Gasteiger partial charge is 0.268 e. The van der Waals surface area contributed by atoms with Crippen LogP contribution in [0.3, 0.4) is 0 Å². The van der Waals surface area contributed by atoms with Gasteiger partial charge in [0.2, 0.25) is 5.95 Å². The van der Waals surface area contributed by atoms with Crippen molar-refractivity contribution in [2.24, 2.45) is 0 Å². The highest BCUT2D eigenvalue weighted by atomic mass is 32.1. The van der Waals surface area contributed by atoms with E-state index in [1.807, 2.05) is 35.2 Å². The standard InChI is InChI=1S/C18H16N4OS/c19-18-20-10-9-13(21-18)15-7-8-16(24-15)17(23)22-11-3-5-12-4-1-2-6-14(12)22/h1-2,4,6-10H,3,5,11H2,(H2,19,20,21). The maximum atomic E-state index is 13.0. The Kier molecular flexibility index (Phi) is 3.74. The molecule has 0 aliphatic carbocycles. The Balaban J connectivity index is 1.65. The number of benzene rings is 1. The van der Waals surface area contributed by atoms with Gasteiger partial charge in [-0.2, -0.15) is 0 Å². The van der Waals surface area contributed by atoms with E-state index in [1.165, 1.54) is 16.9 Å². The number of amides is 1. The van der Waals surface area contributed by atoms with Crippen molar-refractivity contribution >= 4 is 28.9 Å². The van der Waals surface area contributed by atoms with Gasteiger partial charge in [0, 0.05) is 18.4 Å². The molecule has 3 heterocycles. The summed E-state index contributed by atoms with van der Waals surface area (Å²) in [6, 6.07) is 13.7. The van der Waals surface area contributed by atoms with Gasteiger partial charge in [-0.05, 0) is 42.7 Å². The molecule has 2 N–H and O–H groups in total. The van der Waals surface area contributed by atoms with Crippen LogP contribution >= 0.6 is 11.3 Å². The van der Waals surface area contributed by atoms with E-state index in [1.54, 1.807) is 12.3 Å². The Bertz CT molecular complexity index is 905. The number of carbonyl (C=O) groups is 1. The van der Waals surface area contributed by atoms with Crippen molar-refractivity contribution in [2.45, 2.75) is 12.8 Å². The predicted molar refractivity (Wildman–Crippen MR) is 96.2 cm³/mol. The molecule has 5 nitrogen and oxygen atoms in total. The van der Waals surface area contributed by atoms with Gasteiger partial charge in [-0.15, -0.1) is 11.3 Å². The molecule has 1 aliphatic heterocycles. The number of carbonyl (C=O) groups excluding carboxylic acids is 1. The average Bonchev–Trinajstić information content (AvgIpc) is 3.11. The van der Waals surface area contributed by atoms with Gasteiger partial charge in [0.05, 0.1) is 15.4 Å². The fraction of sp³-hybridized carbons (Fsp3) is 0.167. The highest BCUT2D eigenvalue weighted by molar-refractivity contribution is 7.17. The Labute approximate surface area is 143 Å². The summed E-state index contributed by atoms with van der Waals surface area (Å²) in [7, 11) is 0. The molecular weight excluding hydrogens is 320 g/mol. The minimum Gasteiger partial charge on any atom is -0.368 e. The molecule has 1 aromatic carbocycles. The first kappa shape index (κ1) is 14.8. The zero-order chi connectivity index (χ0) is 16.5. The number of anilines is 2. The topological polar surface area (TPSA) is 72.1 Å². The van der Waals surface area contributed by atoms with Crippen molar-refractivity contribution in [1.82, 2.24) is 9.97 Å². The first-order chi connectivity index (χ1) is 11.7. The SMILES string of the molecule is Nc1nccc(-c2ccc(C(=O)N3CCCc4ccccc43)s2)n1. The zero-order valence-electron chi connectivity index (χ0n) is 13.0. The molecular formula is C18H16N4OS. The van der Waals surface area contributed by atoms with Crippen LogP contribution in [0, 0.1) is 0 Å². The maximum absolute atomic E-state index is 13.0. The molecule has 4 rings (SSSR count). The van der Waals surface area contributed by atoms with Gasteiger partial charge in [0.25, 0.3) is 5.91 Å². The third-order valence-corrected chi connectivity index (χ3v) is 5.19. The summed E-state index contributed by atoms with van der Waals surface area (Å²) in [5.41, 5.74) is 8.64. The van der Waals surface area contributed by atoms with E-state index < -0.39 is 0 Å². The number of nitrogens with zero attached hydrogens (tertiary/aromatic N) is 3. The van der Waals surface area contributed by atoms with E-state index >= 15 is 0 Å². The number of hydrogen-bond donors (Lipinski definition) is 1. The van der Waals surface area contributed by atoms with Gasteiger partial charge in [-0.25, -0.2) is 9.97 Å². The van der Waals surface area contributed by atoms with E-state index in [2.05, 4.69) is 16.0 Å². The summed E-state index contributed by atoms with van der Waals surface area (Å²) in [6.45, 7) is 0.754.